The van der Waals surface area contributed by atoms with Crippen LogP contribution >= 0.6 is 15.9 Å². The molecule has 0 radical (unpaired) electrons. The van der Waals surface area contributed by atoms with Crippen LogP contribution in [0.15, 0.2) is 34.8 Å². The van der Waals surface area contributed by atoms with Gasteiger partial charge in [0.2, 0.25) is 5.91 Å². The van der Waals surface area contributed by atoms with Crippen molar-refractivity contribution in [1.29, 1.82) is 0 Å². The van der Waals surface area contributed by atoms with Gasteiger partial charge in [0.25, 0.3) is 0 Å². The number of rotatable bonds is 3. The number of benzene rings is 1. The summed E-state index contributed by atoms with van der Waals surface area (Å²) < 4.78 is 6.25. The van der Waals surface area contributed by atoms with E-state index in [0.29, 0.717) is 38.4 Å². The quantitative estimate of drug-likeness (QED) is 0.878. The first-order valence-corrected chi connectivity index (χ1v) is 8.08. The minimum Gasteiger partial charge on any atom is -0.381 e. The second kappa shape index (κ2) is 6.32. The number of anilines is 1. The van der Waals surface area contributed by atoms with Crippen LogP contribution in [0.25, 0.3) is 10.9 Å². The summed E-state index contributed by atoms with van der Waals surface area (Å²) in [6.45, 7) is 1.46. The van der Waals surface area contributed by atoms with Crippen LogP contribution in [0, 0.1) is 5.41 Å². The fraction of sp³-hybridized carbons (Fsp3) is 0.375. The highest BCUT2D eigenvalue weighted by molar-refractivity contribution is 9.10. The molecule has 1 fully saturated rings. The van der Waals surface area contributed by atoms with Gasteiger partial charge in [-0.2, -0.15) is 0 Å². The largest absolute Gasteiger partial charge is 0.381 e. The molecule has 0 atom stereocenters. The van der Waals surface area contributed by atoms with E-state index in [-0.39, 0.29) is 5.91 Å². The molecule has 6 heteroatoms. The Kier molecular flexibility index (Phi) is 4.42. The van der Waals surface area contributed by atoms with Crippen molar-refractivity contribution in [3.63, 3.8) is 0 Å². The number of para-hydroxylation sites is 1. The number of nitrogens with zero attached hydrogens (tertiary/aromatic N) is 1. The highest BCUT2D eigenvalue weighted by Gasteiger charge is 2.38. The van der Waals surface area contributed by atoms with E-state index in [0.717, 1.165) is 15.4 Å². The number of hydrogen-bond donors (Lipinski definition) is 2. The second-order valence-electron chi connectivity index (χ2n) is 5.56. The zero-order valence-electron chi connectivity index (χ0n) is 12.1. The number of pyridine rings is 1. The standard InChI is InChI=1S/C16H18BrN3O2/c17-12-3-1-2-11-4-5-13(19-14(11)12)20-15(21)16(10-18)6-8-22-9-7-16/h1-5H,6-10,18H2,(H,19,20,21). The Morgan fingerprint density at radius 2 is 2.09 bits per heavy atom. The fourth-order valence-corrected chi connectivity index (χ4v) is 3.19. The maximum absolute atomic E-state index is 12.6. The minimum atomic E-state index is -0.553. The molecule has 2 aromatic rings. The van der Waals surface area contributed by atoms with Crippen molar-refractivity contribution in [1.82, 2.24) is 4.98 Å². The Labute approximate surface area is 137 Å². The second-order valence-corrected chi connectivity index (χ2v) is 6.41. The van der Waals surface area contributed by atoms with Crippen LogP contribution in [0.1, 0.15) is 12.8 Å². The van der Waals surface area contributed by atoms with E-state index in [2.05, 4.69) is 26.2 Å². The highest BCUT2D eigenvalue weighted by Crippen LogP contribution is 2.31. The number of aromatic nitrogens is 1. The van der Waals surface area contributed by atoms with Crippen molar-refractivity contribution in [2.75, 3.05) is 25.1 Å². The summed E-state index contributed by atoms with van der Waals surface area (Å²) >= 11 is 3.49. The number of amides is 1. The molecule has 1 aliphatic heterocycles. The number of ether oxygens (including phenoxy) is 1. The average molecular weight is 364 g/mol. The van der Waals surface area contributed by atoms with E-state index in [4.69, 9.17) is 10.5 Å². The zero-order chi connectivity index (χ0) is 15.6. The first-order valence-electron chi connectivity index (χ1n) is 7.29. The van der Waals surface area contributed by atoms with Crippen LogP contribution in [-0.2, 0) is 9.53 Å². The molecular formula is C16H18BrN3O2. The van der Waals surface area contributed by atoms with Crippen molar-refractivity contribution in [2.24, 2.45) is 11.1 Å². The summed E-state index contributed by atoms with van der Waals surface area (Å²) in [7, 11) is 0. The number of fused-ring (bicyclic) bond motifs is 1. The number of nitrogens with two attached hydrogens (primary N) is 1. The Bertz CT molecular complexity index is 699. The van der Waals surface area contributed by atoms with Crippen molar-refractivity contribution in [3.8, 4) is 0 Å². The van der Waals surface area contributed by atoms with E-state index in [1.165, 1.54) is 0 Å². The smallest absolute Gasteiger partial charge is 0.233 e. The summed E-state index contributed by atoms with van der Waals surface area (Å²) in [5.74, 6) is 0.473. The first-order chi connectivity index (χ1) is 10.6. The van der Waals surface area contributed by atoms with Crippen molar-refractivity contribution in [3.05, 3.63) is 34.8 Å². The summed E-state index contributed by atoms with van der Waals surface area (Å²) in [5, 5.41) is 3.94. The van der Waals surface area contributed by atoms with Crippen LogP contribution < -0.4 is 11.1 Å². The summed E-state index contributed by atoms with van der Waals surface area (Å²) in [6, 6.07) is 9.63. The Morgan fingerprint density at radius 3 is 2.82 bits per heavy atom. The van der Waals surface area contributed by atoms with Crippen LogP contribution in [0.4, 0.5) is 5.82 Å². The van der Waals surface area contributed by atoms with E-state index in [1.807, 2.05) is 30.3 Å². The molecule has 22 heavy (non-hydrogen) atoms. The lowest BCUT2D eigenvalue weighted by Gasteiger charge is -2.34. The Hall–Kier alpha value is -1.50. The third kappa shape index (κ3) is 2.86. The van der Waals surface area contributed by atoms with Gasteiger partial charge in [-0.15, -0.1) is 0 Å². The molecular weight excluding hydrogens is 346 g/mol. The lowest BCUT2D eigenvalue weighted by atomic mass is 9.79. The molecule has 0 aliphatic carbocycles. The number of nitrogens with one attached hydrogen (secondary N) is 1. The van der Waals surface area contributed by atoms with E-state index in [9.17, 15) is 4.79 Å². The number of halogens is 1. The molecule has 1 saturated heterocycles. The number of hydrogen-bond acceptors (Lipinski definition) is 4. The van der Waals surface area contributed by atoms with Gasteiger partial charge in [-0.25, -0.2) is 4.98 Å². The molecule has 3 N–H and O–H groups in total. The van der Waals surface area contributed by atoms with Gasteiger partial charge >= 0.3 is 0 Å². The van der Waals surface area contributed by atoms with Gasteiger partial charge in [0.1, 0.15) is 5.82 Å². The van der Waals surface area contributed by atoms with Gasteiger partial charge in [0.15, 0.2) is 0 Å². The molecule has 1 aromatic heterocycles. The number of carbonyl (C=O) groups is 1. The fourth-order valence-electron chi connectivity index (χ4n) is 2.72. The van der Waals surface area contributed by atoms with Gasteiger partial charge < -0.3 is 15.8 Å². The van der Waals surface area contributed by atoms with Gasteiger partial charge in [-0.1, -0.05) is 12.1 Å². The van der Waals surface area contributed by atoms with Crippen LogP contribution in [-0.4, -0.2) is 30.6 Å². The summed E-state index contributed by atoms with van der Waals surface area (Å²) in [4.78, 5) is 17.2. The first kappa shape index (κ1) is 15.4. The number of carbonyl (C=O) groups excluding carboxylic acids is 1. The average Bonchev–Trinajstić information content (AvgIpc) is 2.56. The molecule has 2 heterocycles. The van der Waals surface area contributed by atoms with E-state index >= 15 is 0 Å². The molecule has 0 saturated carbocycles. The lowest BCUT2D eigenvalue weighted by molar-refractivity contribution is -0.130. The normalized spacial score (nSPS) is 17.4. The van der Waals surface area contributed by atoms with E-state index in [1.54, 1.807) is 0 Å². The molecule has 1 aliphatic rings. The molecule has 0 spiro atoms. The molecule has 5 nitrogen and oxygen atoms in total. The highest BCUT2D eigenvalue weighted by atomic mass is 79.9. The zero-order valence-corrected chi connectivity index (χ0v) is 13.7. The summed E-state index contributed by atoms with van der Waals surface area (Å²) in [5.41, 5.74) is 6.14. The van der Waals surface area contributed by atoms with Gasteiger partial charge in [-0.05, 0) is 47.0 Å². The van der Waals surface area contributed by atoms with Crippen LogP contribution in [0.2, 0.25) is 0 Å². The third-order valence-electron chi connectivity index (χ3n) is 4.23. The van der Waals surface area contributed by atoms with Gasteiger partial charge in [0, 0.05) is 29.6 Å². The lowest BCUT2D eigenvalue weighted by Crippen LogP contribution is -2.46. The van der Waals surface area contributed by atoms with Crippen molar-refractivity contribution < 1.29 is 9.53 Å². The topological polar surface area (TPSA) is 77.2 Å². The molecule has 1 amide bonds. The van der Waals surface area contributed by atoms with Crippen LogP contribution in [0.5, 0.6) is 0 Å². The van der Waals surface area contributed by atoms with Crippen molar-refractivity contribution >= 4 is 38.6 Å². The van der Waals surface area contributed by atoms with E-state index < -0.39 is 5.41 Å². The van der Waals surface area contributed by atoms with Crippen molar-refractivity contribution in [2.45, 2.75) is 12.8 Å². The molecule has 1 aromatic carbocycles. The Balaban J connectivity index is 1.86. The van der Waals surface area contributed by atoms with Gasteiger partial charge in [-0.3, -0.25) is 4.79 Å². The SMILES string of the molecule is NCC1(C(=O)Nc2ccc3cccc(Br)c3n2)CCOCC1. The summed E-state index contributed by atoms with van der Waals surface area (Å²) in [6.07, 6.45) is 1.29. The molecule has 3 rings (SSSR count). The Morgan fingerprint density at radius 1 is 1.32 bits per heavy atom. The monoisotopic (exact) mass is 363 g/mol. The predicted molar refractivity (Wildman–Crippen MR) is 89.6 cm³/mol. The van der Waals surface area contributed by atoms with Crippen LogP contribution in [0.3, 0.4) is 0 Å². The third-order valence-corrected chi connectivity index (χ3v) is 4.87. The molecule has 116 valence electrons. The molecule has 0 unspecified atom stereocenters. The predicted octanol–water partition coefficient (Wildman–Crippen LogP) is 2.69. The van der Waals surface area contributed by atoms with Gasteiger partial charge in [0.05, 0.1) is 10.9 Å². The molecule has 0 bridgehead atoms. The maximum atomic E-state index is 12.6. The minimum absolute atomic E-state index is 0.0720. The maximum Gasteiger partial charge on any atom is 0.233 e.